The fourth-order valence-electron chi connectivity index (χ4n) is 3.32. The van der Waals surface area contributed by atoms with Gasteiger partial charge in [-0.05, 0) is 18.9 Å². The first-order chi connectivity index (χ1) is 13.6. The second-order valence-electron chi connectivity index (χ2n) is 6.41. The zero-order chi connectivity index (χ0) is 20.1. The number of fused-ring (bicyclic) bond motifs is 1. The Kier molecular flexibility index (Phi) is 6.33. The van der Waals surface area contributed by atoms with Crippen molar-refractivity contribution in [1.29, 1.82) is 0 Å². The number of alkyl halides is 2. The Morgan fingerprint density at radius 3 is 2.64 bits per heavy atom. The molecule has 28 heavy (non-hydrogen) atoms. The molecule has 4 rings (SSSR count). The fraction of sp³-hybridized carbons (Fsp3) is 0.474. The predicted octanol–water partition coefficient (Wildman–Crippen LogP) is 4.65. The van der Waals surface area contributed by atoms with Gasteiger partial charge < -0.3 is 5.32 Å². The number of hydrogen-bond donors (Lipinski definition) is 1. The third-order valence-corrected chi connectivity index (χ3v) is 4.63. The van der Waals surface area contributed by atoms with Gasteiger partial charge in [-0.2, -0.15) is 10.2 Å². The van der Waals surface area contributed by atoms with E-state index in [1.165, 1.54) is 16.8 Å². The molecule has 1 amide bonds. The summed E-state index contributed by atoms with van der Waals surface area (Å²) in [6.07, 6.45) is 7.08. The van der Waals surface area contributed by atoms with Crippen molar-refractivity contribution in [2.75, 3.05) is 5.32 Å². The molecule has 0 saturated heterocycles. The first-order valence-electron chi connectivity index (χ1n) is 9.61. The summed E-state index contributed by atoms with van der Waals surface area (Å²) in [6.45, 7) is 4.00. The molecule has 0 radical (unpaired) electrons. The smallest absolute Gasteiger partial charge is 0.284 e. The molecule has 1 N–H and O–H groups in total. The highest BCUT2D eigenvalue weighted by molar-refractivity contribution is 6.03. The molecule has 7 nitrogen and oxygen atoms in total. The summed E-state index contributed by atoms with van der Waals surface area (Å²) in [5.41, 5.74) is 0.227. The van der Waals surface area contributed by atoms with Gasteiger partial charge in [-0.15, -0.1) is 0 Å². The Bertz CT molecular complexity index is 897. The number of carbonyl (C=O) groups excluding carboxylic acids is 1. The van der Waals surface area contributed by atoms with Gasteiger partial charge in [0.15, 0.2) is 17.0 Å². The van der Waals surface area contributed by atoms with Crippen LogP contribution in [0.25, 0.3) is 5.65 Å². The van der Waals surface area contributed by atoms with Crippen LogP contribution in [0.2, 0.25) is 0 Å². The molecule has 0 aliphatic heterocycles. The number of anilines is 1. The van der Waals surface area contributed by atoms with Gasteiger partial charge in [-0.3, -0.25) is 9.48 Å². The van der Waals surface area contributed by atoms with Gasteiger partial charge >= 0.3 is 0 Å². The lowest BCUT2D eigenvalue weighted by Crippen LogP contribution is -2.14. The van der Waals surface area contributed by atoms with Crippen LogP contribution < -0.4 is 5.32 Å². The van der Waals surface area contributed by atoms with Gasteiger partial charge in [0.25, 0.3) is 12.3 Å². The normalized spacial score (nSPS) is 14.8. The van der Waals surface area contributed by atoms with Crippen LogP contribution in [0, 0.1) is 0 Å². The number of rotatable bonds is 4. The van der Waals surface area contributed by atoms with Crippen molar-refractivity contribution in [2.45, 2.75) is 58.4 Å². The number of halogens is 2. The van der Waals surface area contributed by atoms with E-state index < -0.39 is 18.0 Å². The quantitative estimate of drug-likeness (QED) is 0.704. The summed E-state index contributed by atoms with van der Waals surface area (Å²) in [5, 5.41) is 10.7. The van der Waals surface area contributed by atoms with E-state index in [9.17, 15) is 13.6 Å². The fourth-order valence-corrected chi connectivity index (χ4v) is 3.32. The molecule has 1 aliphatic carbocycles. The Hall–Kier alpha value is -2.84. The summed E-state index contributed by atoms with van der Waals surface area (Å²) in [7, 11) is 0. The van der Waals surface area contributed by atoms with Crippen molar-refractivity contribution >= 4 is 17.2 Å². The highest BCUT2D eigenvalue weighted by Crippen LogP contribution is 2.32. The minimum absolute atomic E-state index is 0.0283. The van der Waals surface area contributed by atoms with E-state index in [2.05, 4.69) is 20.5 Å². The standard InChI is InChI=1S/C17H18F2N6O.C2H6/c18-16(19)15-13(10-25(23-15)11-5-2-1-3-6-11)21-17(26)12-9-14-20-7-4-8-24(14)22-12;1-2/h4,7-11,16H,1-3,5-6H2,(H,21,26);1-2H3. The second-order valence-corrected chi connectivity index (χ2v) is 6.41. The lowest BCUT2D eigenvalue weighted by molar-refractivity contribution is 0.102. The molecule has 0 aromatic carbocycles. The molecular formula is C19H24F2N6O. The van der Waals surface area contributed by atoms with Crippen molar-refractivity contribution in [3.63, 3.8) is 0 Å². The number of amides is 1. The maximum Gasteiger partial charge on any atom is 0.284 e. The Labute approximate surface area is 161 Å². The SMILES string of the molecule is CC.O=C(Nc1cn(C2CCCCC2)nc1C(F)F)c1cc2ncccn2n1. The largest absolute Gasteiger partial charge is 0.317 e. The number of aromatic nitrogens is 5. The molecule has 9 heteroatoms. The van der Waals surface area contributed by atoms with Gasteiger partial charge in [-0.1, -0.05) is 33.1 Å². The molecule has 1 fully saturated rings. The molecule has 1 aliphatic rings. The topological polar surface area (TPSA) is 77.1 Å². The third-order valence-electron chi connectivity index (χ3n) is 4.63. The minimum Gasteiger partial charge on any atom is -0.317 e. The number of carbonyl (C=O) groups is 1. The summed E-state index contributed by atoms with van der Waals surface area (Å²) in [5.74, 6) is -0.569. The average molecular weight is 390 g/mol. The molecule has 3 aromatic rings. The van der Waals surface area contributed by atoms with Crippen molar-refractivity contribution in [2.24, 2.45) is 0 Å². The van der Waals surface area contributed by atoms with Crippen LogP contribution in [0.15, 0.2) is 30.7 Å². The van der Waals surface area contributed by atoms with Crippen LogP contribution in [0.5, 0.6) is 0 Å². The first-order valence-corrected chi connectivity index (χ1v) is 9.61. The third kappa shape index (κ3) is 4.18. The lowest BCUT2D eigenvalue weighted by Gasteiger charge is -2.21. The van der Waals surface area contributed by atoms with Crippen molar-refractivity contribution in [3.8, 4) is 0 Å². The summed E-state index contributed by atoms with van der Waals surface area (Å²) >= 11 is 0. The number of hydrogen-bond acceptors (Lipinski definition) is 4. The number of nitrogens with one attached hydrogen (secondary N) is 1. The van der Waals surface area contributed by atoms with Crippen molar-refractivity contribution in [3.05, 3.63) is 42.1 Å². The molecule has 0 unspecified atom stereocenters. The van der Waals surface area contributed by atoms with E-state index in [0.717, 1.165) is 32.1 Å². The molecule has 150 valence electrons. The summed E-state index contributed by atoms with van der Waals surface area (Å²) in [4.78, 5) is 16.5. The Morgan fingerprint density at radius 2 is 1.96 bits per heavy atom. The zero-order valence-electron chi connectivity index (χ0n) is 16.0. The summed E-state index contributed by atoms with van der Waals surface area (Å²) < 4.78 is 29.8. The van der Waals surface area contributed by atoms with Crippen molar-refractivity contribution < 1.29 is 13.6 Å². The maximum atomic E-state index is 13.4. The molecule has 0 bridgehead atoms. The molecule has 0 spiro atoms. The van der Waals surface area contributed by atoms with Crippen LogP contribution in [-0.4, -0.2) is 30.3 Å². The molecule has 1 saturated carbocycles. The summed E-state index contributed by atoms with van der Waals surface area (Å²) in [6, 6.07) is 3.29. The first kappa shape index (κ1) is 19.9. The average Bonchev–Trinajstić information content (AvgIpc) is 3.34. The van der Waals surface area contributed by atoms with Crippen LogP contribution in [-0.2, 0) is 0 Å². The highest BCUT2D eigenvalue weighted by Gasteiger charge is 2.24. The van der Waals surface area contributed by atoms with E-state index in [4.69, 9.17) is 0 Å². The van der Waals surface area contributed by atoms with Gasteiger partial charge in [0.1, 0.15) is 0 Å². The van der Waals surface area contributed by atoms with E-state index in [-0.39, 0.29) is 17.4 Å². The Morgan fingerprint density at radius 1 is 1.21 bits per heavy atom. The predicted molar refractivity (Wildman–Crippen MR) is 102 cm³/mol. The number of nitrogens with zero attached hydrogens (tertiary/aromatic N) is 5. The van der Waals surface area contributed by atoms with Crippen LogP contribution in [0.1, 0.15) is 74.6 Å². The molecule has 0 atom stereocenters. The zero-order valence-corrected chi connectivity index (χ0v) is 16.0. The van der Waals surface area contributed by atoms with Crippen LogP contribution >= 0.6 is 0 Å². The van der Waals surface area contributed by atoms with Crippen molar-refractivity contribution in [1.82, 2.24) is 24.4 Å². The van der Waals surface area contributed by atoms with E-state index in [1.807, 2.05) is 13.8 Å². The highest BCUT2D eigenvalue weighted by atomic mass is 19.3. The van der Waals surface area contributed by atoms with Gasteiger partial charge in [0.2, 0.25) is 0 Å². The monoisotopic (exact) mass is 390 g/mol. The van der Waals surface area contributed by atoms with Gasteiger partial charge in [-0.25, -0.2) is 18.3 Å². The lowest BCUT2D eigenvalue weighted by atomic mass is 9.96. The molecule has 3 aromatic heterocycles. The van der Waals surface area contributed by atoms with Gasteiger partial charge in [0.05, 0.1) is 11.7 Å². The molecule has 3 heterocycles. The van der Waals surface area contributed by atoms with E-state index in [1.54, 1.807) is 23.1 Å². The second kappa shape index (κ2) is 8.90. The van der Waals surface area contributed by atoms with Gasteiger partial charge in [0, 0.05) is 24.7 Å². The molecular weight excluding hydrogens is 366 g/mol. The van der Waals surface area contributed by atoms with Crippen LogP contribution in [0.4, 0.5) is 14.5 Å². The maximum absolute atomic E-state index is 13.4. The van der Waals surface area contributed by atoms with E-state index in [0.29, 0.717) is 5.65 Å². The Balaban J connectivity index is 0.00000109. The minimum atomic E-state index is -2.77. The van der Waals surface area contributed by atoms with Crippen LogP contribution in [0.3, 0.4) is 0 Å². The van der Waals surface area contributed by atoms with E-state index >= 15 is 0 Å².